The molecule has 3 aromatic rings. The van der Waals surface area contributed by atoms with Gasteiger partial charge in [0.15, 0.2) is 0 Å². The molecular formula is C31H30N4O4. The molecule has 1 unspecified atom stereocenters. The number of hydrogen-bond donors (Lipinski definition) is 1. The normalized spacial score (nSPS) is 19.8. The van der Waals surface area contributed by atoms with Gasteiger partial charge in [0.25, 0.3) is 11.8 Å². The molecule has 3 aromatic carbocycles. The van der Waals surface area contributed by atoms with Crippen LogP contribution >= 0.6 is 0 Å². The van der Waals surface area contributed by atoms with E-state index in [2.05, 4.69) is 58.7 Å². The number of piperidine rings is 1. The van der Waals surface area contributed by atoms with Crippen LogP contribution in [0.4, 0.5) is 0 Å². The number of nitrogens with one attached hydrogen (secondary N) is 1. The summed E-state index contributed by atoms with van der Waals surface area (Å²) in [6, 6.07) is 25.5. The number of nitrogens with zero attached hydrogens (tertiary/aromatic N) is 3. The van der Waals surface area contributed by atoms with Crippen LogP contribution in [0.3, 0.4) is 0 Å². The van der Waals surface area contributed by atoms with Gasteiger partial charge in [-0.1, -0.05) is 72.8 Å². The van der Waals surface area contributed by atoms with E-state index in [1.807, 2.05) is 23.1 Å². The minimum Gasteiger partial charge on any atom is -0.336 e. The number of imide groups is 1. The third kappa shape index (κ3) is 4.72. The number of fused-ring (bicyclic) bond motifs is 1. The predicted molar refractivity (Wildman–Crippen MR) is 145 cm³/mol. The molecule has 6 rings (SSSR count). The van der Waals surface area contributed by atoms with Crippen molar-refractivity contribution < 1.29 is 19.2 Å². The molecule has 0 spiro atoms. The third-order valence-electron chi connectivity index (χ3n) is 7.98. The molecule has 3 aliphatic rings. The highest BCUT2D eigenvalue weighted by Crippen LogP contribution is 2.32. The van der Waals surface area contributed by atoms with Gasteiger partial charge in [-0.3, -0.25) is 29.4 Å². The lowest BCUT2D eigenvalue weighted by Gasteiger charge is -2.40. The summed E-state index contributed by atoms with van der Waals surface area (Å²) in [5.41, 5.74) is 3.92. The molecule has 1 N–H and O–H groups in total. The molecule has 2 fully saturated rings. The molecule has 1 atom stereocenters. The summed E-state index contributed by atoms with van der Waals surface area (Å²) in [5.74, 6) is -1.27. The second kappa shape index (κ2) is 10.5. The molecule has 4 amide bonds. The quantitative estimate of drug-likeness (QED) is 0.521. The molecule has 8 nitrogen and oxygen atoms in total. The minimum atomic E-state index is -0.706. The van der Waals surface area contributed by atoms with E-state index in [9.17, 15) is 19.2 Å². The van der Waals surface area contributed by atoms with Crippen molar-refractivity contribution in [1.29, 1.82) is 0 Å². The van der Waals surface area contributed by atoms with Gasteiger partial charge in [-0.25, -0.2) is 0 Å². The fourth-order valence-corrected chi connectivity index (χ4v) is 6.03. The zero-order chi connectivity index (χ0) is 26.9. The predicted octanol–water partition coefficient (Wildman–Crippen LogP) is 3.00. The van der Waals surface area contributed by atoms with Gasteiger partial charge in [0.2, 0.25) is 11.8 Å². The molecule has 3 heterocycles. The summed E-state index contributed by atoms with van der Waals surface area (Å²) >= 11 is 0. The Hall–Kier alpha value is -4.30. The van der Waals surface area contributed by atoms with Gasteiger partial charge in [0.05, 0.1) is 17.2 Å². The van der Waals surface area contributed by atoms with Crippen LogP contribution in [-0.2, 0) is 16.1 Å². The van der Waals surface area contributed by atoms with Crippen LogP contribution in [-0.4, -0.2) is 70.5 Å². The molecule has 198 valence electrons. The van der Waals surface area contributed by atoms with E-state index in [1.165, 1.54) is 16.0 Å². The first-order valence-corrected chi connectivity index (χ1v) is 13.4. The Labute approximate surface area is 227 Å². The molecule has 0 radical (unpaired) electrons. The molecule has 8 heteroatoms. The van der Waals surface area contributed by atoms with Crippen molar-refractivity contribution in [2.24, 2.45) is 0 Å². The van der Waals surface area contributed by atoms with Crippen LogP contribution in [0, 0.1) is 0 Å². The molecule has 39 heavy (non-hydrogen) atoms. The largest absolute Gasteiger partial charge is 0.336 e. The van der Waals surface area contributed by atoms with Crippen molar-refractivity contribution in [3.63, 3.8) is 0 Å². The average molecular weight is 523 g/mol. The number of amides is 4. The second-order valence-electron chi connectivity index (χ2n) is 10.3. The van der Waals surface area contributed by atoms with Crippen molar-refractivity contribution in [2.45, 2.75) is 31.5 Å². The van der Waals surface area contributed by atoms with E-state index in [4.69, 9.17) is 0 Å². The summed E-state index contributed by atoms with van der Waals surface area (Å²) in [5, 5.41) is 2.33. The van der Waals surface area contributed by atoms with Gasteiger partial charge >= 0.3 is 0 Å². The Morgan fingerprint density at radius 1 is 0.795 bits per heavy atom. The third-order valence-corrected chi connectivity index (χ3v) is 7.98. The molecule has 2 saturated heterocycles. The highest BCUT2D eigenvalue weighted by molar-refractivity contribution is 6.11. The van der Waals surface area contributed by atoms with Crippen LogP contribution in [0.15, 0.2) is 78.9 Å². The monoisotopic (exact) mass is 522 g/mol. The molecule has 0 bridgehead atoms. The Kier molecular flexibility index (Phi) is 6.70. The molecular weight excluding hydrogens is 492 g/mol. The Morgan fingerprint density at radius 2 is 1.44 bits per heavy atom. The van der Waals surface area contributed by atoms with E-state index >= 15 is 0 Å². The van der Waals surface area contributed by atoms with Gasteiger partial charge in [-0.15, -0.1) is 0 Å². The second-order valence-corrected chi connectivity index (χ2v) is 10.3. The first-order valence-electron chi connectivity index (χ1n) is 13.4. The maximum Gasteiger partial charge on any atom is 0.256 e. The Morgan fingerprint density at radius 3 is 2.05 bits per heavy atom. The Bertz CT molecular complexity index is 1380. The maximum atomic E-state index is 13.7. The molecule has 0 aromatic heterocycles. The maximum absolute atomic E-state index is 13.7. The lowest BCUT2D eigenvalue weighted by atomic mass is 9.96. The van der Waals surface area contributed by atoms with Crippen LogP contribution in [0.5, 0.6) is 0 Å². The standard InChI is InChI=1S/C31H30N4O4/c36-26-15-14-25(29(37)32-26)35-20-23-12-7-13-24(27(23)31(35)39)30(38)34-18-16-33(17-19-34)28(21-8-3-1-4-9-21)22-10-5-2-6-11-22/h1-13,25,28H,14-20H2,(H,32,36,37). The Balaban J connectivity index is 1.19. The zero-order valence-corrected chi connectivity index (χ0v) is 21.6. The summed E-state index contributed by atoms with van der Waals surface area (Å²) < 4.78 is 0. The zero-order valence-electron chi connectivity index (χ0n) is 21.6. The summed E-state index contributed by atoms with van der Waals surface area (Å²) in [7, 11) is 0. The number of hydrogen-bond acceptors (Lipinski definition) is 5. The van der Waals surface area contributed by atoms with E-state index in [1.54, 1.807) is 12.1 Å². The number of carbonyl (C=O) groups is 4. The topological polar surface area (TPSA) is 90.0 Å². The van der Waals surface area contributed by atoms with Crippen LogP contribution in [0.1, 0.15) is 56.3 Å². The van der Waals surface area contributed by atoms with E-state index in [-0.39, 0.29) is 36.7 Å². The van der Waals surface area contributed by atoms with Gasteiger partial charge in [-0.2, -0.15) is 0 Å². The average Bonchev–Trinajstić information content (AvgIpc) is 3.30. The summed E-state index contributed by atoms with van der Waals surface area (Å²) in [6.45, 7) is 2.75. The van der Waals surface area contributed by atoms with Crippen LogP contribution < -0.4 is 5.32 Å². The van der Waals surface area contributed by atoms with Crippen LogP contribution in [0.25, 0.3) is 0 Å². The van der Waals surface area contributed by atoms with Gasteiger partial charge < -0.3 is 9.80 Å². The van der Waals surface area contributed by atoms with Crippen LogP contribution in [0.2, 0.25) is 0 Å². The highest BCUT2D eigenvalue weighted by Gasteiger charge is 2.41. The number of carbonyl (C=O) groups excluding carboxylic acids is 4. The van der Waals surface area contributed by atoms with Gasteiger partial charge in [0, 0.05) is 39.1 Å². The lowest BCUT2D eigenvalue weighted by Crippen LogP contribution is -2.52. The van der Waals surface area contributed by atoms with Crippen molar-refractivity contribution in [3.05, 3.63) is 107 Å². The highest BCUT2D eigenvalue weighted by atomic mass is 16.2. The molecule has 0 saturated carbocycles. The summed E-state index contributed by atoms with van der Waals surface area (Å²) in [4.78, 5) is 56.9. The van der Waals surface area contributed by atoms with Crippen molar-refractivity contribution >= 4 is 23.6 Å². The molecule has 3 aliphatic heterocycles. The van der Waals surface area contributed by atoms with Crippen molar-refractivity contribution in [3.8, 4) is 0 Å². The van der Waals surface area contributed by atoms with Crippen molar-refractivity contribution in [1.82, 2.24) is 20.0 Å². The minimum absolute atomic E-state index is 0.0919. The lowest BCUT2D eigenvalue weighted by molar-refractivity contribution is -0.136. The first kappa shape index (κ1) is 25.0. The number of piperazine rings is 1. The van der Waals surface area contributed by atoms with Gasteiger partial charge in [0.1, 0.15) is 6.04 Å². The van der Waals surface area contributed by atoms with E-state index in [0.717, 1.165) is 5.56 Å². The fourth-order valence-electron chi connectivity index (χ4n) is 6.03. The number of rotatable bonds is 5. The summed E-state index contributed by atoms with van der Waals surface area (Å²) in [6.07, 6.45) is 0.485. The number of benzene rings is 3. The SMILES string of the molecule is O=C1CCC(N2Cc3cccc(C(=O)N4CCN(C(c5ccccc5)c5ccccc5)CC4)c3C2=O)C(=O)N1. The van der Waals surface area contributed by atoms with Crippen molar-refractivity contribution in [2.75, 3.05) is 26.2 Å². The van der Waals surface area contributed by atoms with E-state index < -0.39 is 11.9 Å². The first-order chi connectivity index (χ1) is 19.0. The smallest absolute Gasteiger partial charge is 0.256 e. The molecule has 0 aliphatic carbocycles. The van der Waals surface area contributed by atoms with Gasteiger partial charge in [-0.05, 0) is 29.2 Å². The fraction of sp³-hybridized carbons (Fsp3) is 0.290. The van der Waals surface area contributed by atoms with E-state index in [0.29, 0.717) is 43.7 Å².